The minimum absolute atomic E-state index is 0. The molecule has 1 aliphatic heterocycles. The van der Waals surface area contributed by atoms with Crippen molar-refractivity contribution in [2.75, 3.05) is 13.2 Å². The first kappa shape index (κ1) is 19.5. The summed E-state index contributed by atoms with van der Waals surface area (Å²) in [6.07, 6.45) is 4.35. The number of aryl methyl sites for hydroxylation is 1. The number of hydrogen-bond donors (Lipinski definition) is 0. The van der Waals surface area contributed by atoms with E-state index in [4.69, 9.17) is 9.47 Å². The zero-order valence-electron chi connectivity index (χ0n) is 12.6. The summed E-state index contributed by atoms with van der Waals surface area (Å²) < 4.78 is 49.0. The van der Waals surface area contributed by atoms with Crippen molar-refractivity contribution < 1.29 is 73.8 Å². The van der Waals surface area contributed by atoms with Crippen LogP contribution in [0, 0.1) is 6.92 Å². The fraction of sp³-hybridized carbons (Fsp3) is 0.571. The Labute approximate surface area is 166 Å². The van der Waals surface area contributed by atoms with Crippen molar-refractivity contribution in [1.29, 1.82) is 0 Å². The van der Waals surface area contributed by atoms with Crippen molar-refractivity contribution >= 4 is 12.4 Å². The Hall–Kier alpha value is 0.471. The molecule has 7 heteroatoms. The second-order valence-electron chi connectivity index (χ2n) is 5.22. The summed E-state index contributed by atoms with van der Waals surface area (Å²) in [5.41, 5.74) is -0.328. The molecule has 0 aromatic heterocycles. The predicted molar refractivity (Wildman–Crippen MR) is 73.6 cm³/mol. The maximum Gasteiger partial charge on any atom is 1.00 e. The fourth-order valence-corrected chi connectivity index (χ4v) is 2.48. The summed E-state index contributed by atoms with van der Waals surface area (Å²) in [6, 6.07) is 3.95. The van der Waals surface area contributed by atoms with E-state index in [9.17, 15) is 12.9 Å². The summed E-state index contributed by atoms with van der Waals surface area (Å²) in [5.74, 6) is 0.499. The van der Waals surface area contributed by atoms with Gasteiger partial charge in [0.05, 0.1) is 12.7 Å². The van der Waals surface area contributed by atoms with E-state index >= 15 is 0 Å². The van der Waals surface area contributed by atoms with Crippen LogP contribution in [0.5, 0.6) is 5.75 Å². The van der Waals surface area contributed by atoms with Crippen LogP contribution in [0.1, 0.15) is 31.2 Å². The summed E-state index contributed by atoms with van der Waals surface area (Å²) in [7, 11) is 0. The predicted octanol–water partition coefficient (Wildman–Crippen LogP) is 0.391. The molecule has 1 aromatic carbocycles. The monoisotopic (exact) mass is 326 g/mol. The summed E-state index contributed by atoms with van der Waals surface area (Å²) >= 11 is 0. The SMILES string of the molecule is Cc1cc(OCCCC2CCCO2)ccc1[B-](F)(F)F.[K+]. The van der Waals surface area contributed by atoms with E-state index < -0.39 is 12.4 Å². The fourth-order valence-electron chi connectivity index (χ4n) is 2.48. The Morgan fingerprint density at radius 1 is 1.33 bits per heavy atom. The Balaban J connectivity index is 0.00000220. The van der Waals surface area contributed by atoms with Gasteiger partial charge < -0.3 is 22.4 Å². The molecule has 1 aromatic rings. The van der Waals surface area contributed by atoms with Crippen LogP contribution < -0.4 is 61.6 Å². The van der Waals surface area contributed by atoms with Crippen molar-refractivity contribution in [3.8, 4) is 5.75 Å². The Kier molecular flexibility index (Phi) is 8.31. The van der Waals surface area contributed by atoms with Crippen LogP contribution in [0.25, 0.3) is 0 Å². The van der Waals surface area contributed by atoms with Gasteiger partial charge in [0.15, 0.2) is 0 Å². The molecule has 0 spiro atoms. The molecule has 112 valence electrons. The third-order valence-corrected chi connectivity index (χ3v) is 3.56. The molecule has 0 radical (unpaired) electrons. The molecule has 0 amide bonds. The maximum atomic E-state index is 12.7. The molecule has 2 nitrogen and oxygen atoms in total. The van der Waals surface area contributed by atoms with E-state index in [2.05, 4.69) is 0 Å². The maximum absolute atomic E-state index is 12.7. The first-order chi connectivity index (χ1) is 9.47. The van der Waals surface area contributed by atoms with E-state index in [1.807, 2.05) is 0 Å². The first-order valence-corrected chi connectivity index (χ1v) is 7.02. The van der Waals surface area contributed by atoms with Gasteiger partial charge in [0.1, 0.15) is 5.75 Å². The van der Waals surface area contributed by atoms with E-state index in [1.165, 1.54) is 19.1 Å². The molecule has 0 saturated carbocycles. The van der Waals surface area contributed by atoms with Crippen LogP contribution in [0.4, 0.5) is 12.9 Å². The molecule has 1 fully saturated rings. The molecule has 2 rings (SSSR count). The van der Waals surface area contributed by atoms with E-state index in [-0.39, 0.29) is 56.9 Å². The zero-order chi connectivity index (χ0) is 14.6. The molecule has 0 bridgehead atoms. The average molecular weight is 326 g/mol. The van der Waals surface area contributed by atoms with Crippen molar-refractivity contribution in [2.45, 2.75) is 38.7 Å². The molecule has 0 aliphatic carbocycles. The van der Waals surface area contributed by atoms with Crippen molar-refractivity contribution in [3.63, 3.8) is 0 Å². The summed E-state index contributed by atoms with van der Waals surface area (Å²) in [4.78, 5) is 0. The van der Waals surface area contributed by atoms with Gasteiger partial charge in [-0.2, -0.15) is 0 Å². The van der Waals surface area contributed by atoms with Gasteiger partial charge in [-0.15, -0.1) is 5.46 Å². The molecule has 1 saturated heterocycles. The minimum Gasteiger partial charge on any atom is -0.494 e. The number of hydrogen-bond acceptors (Lipinski definition) is 2. The van der Waals surface area contributed by atoms with Gasteiger partial charge in [-0.25, -0.2) is 0 Å². The molecule has 21 heavy (non-hydrogen) atoms. The van der Waals surface area contributed by atoms with Crippen LogP contribution in [-0.2, 0) is 4.74 Å². The van der Waals surface area contributed by atoms with Crippen molar-refractivity contribution in [2.24, 2.45) is 0 Å². The zero-order valence-corrected chi connectivity index (χ0v) is 15.7. The van der Waals surface area contributed by atoms with Crippen LogP contribution in [0.3, 0.4) is 0 Å². The molecule has 1 heterocycles. The van der Waals surface area contributed by atoms with Crippen LogP contribution in [-0.4, -0.2) is 26.3 Å². The van der Waals surface area contributed by atoms with Gasteiger partial charge in [-0.05, 0) is 44.7 Å². The Morgan fingerprint density at radius 3 is 2.67 bits per heavy atom. The van der Waals surface area contributed by atoms with Gasteiger partial charge in [0.25, 0.3) is 0 Å². The summed E-state index contributed by atoms with van der Waals surface area (Å²) in [5, 5.41) is 0. The van der Waals surface area contributed by atoms with Gasteiger partial charge in [-0.3, -0.25) is 0 Å². The smallest absolute Gasteiger partial charge is 0.494 e. The molecule has 1 atom stereocenters. The first-order valence-electron chi connectivity index (χ1n) is 7.02. The normalized spacial score (nSPS) is 18.4. The average Bonchev–Trinajstić information content (AvgIpc) is 2.86. The number of rotatable bonds is 6. The largest absolute Gasteiger partial charge is 1.00 e. The minimum atomic E-state index is -4.94. The van der Waals surface area contributed by atoms with E-state index in [1.54, 1.807) is 0 Å². The van der Waals surface area contributed by atoms with Gasteiger partial charge in [0, 0.05) is 6.61 Å². The molecular weight excluding hydrogens is 307 g/mol. The topological polar surface area (TPSA) is 18.5 Å². The Bertz CT molecular complexity index is 448. The van der Waals surface area contributed by atoms with Gasteiger partial charge in [-0.1, -0.05) is 11.6 Å². The van der Waals surface area contributed by atoms with Crippen LogP contribution in [0.15, 0.2) is 18.2 Å². The molecule has 0 N–H and O–H groups in total. The second-order valence-corrected chi connectivity index (χ2v) is 5.22. The molecule has 1 aliphatic rings. The van der Waals surface area contributed by atoms with Crippen LogP contribution in [0.2, 0.25) is 0 Å². The number of benzene rings is 1. The summed E-state index contributed by atoms with van der Waals surface area (Å²) in [6.45, 7) is -2.13. The molecular formula is C14H19BF3KO2. The standard InChI is InChI=1S/C14H19BF3O2.K/c1-11-10-13(6-7-14(11)15(16,17)18)20-9-3-5-12-4-2-8-19-12;/h6-7,10,12H,2-5,8-9H2,1H3;/q-1;+1. The quantitative estimate of drug-likeness (QED) is 0.556. The van der Waals surface area contributed by atoms with E-state index in [0.717, 1.165) is 38.4 Å². The third-order valence-electron chi connectivity index (χ3n) is 3.56. The Morgan fingerprint density at radius 2 is 2.10 bits per heavy atom. The van der Waals surface area contributed by atoms with E-state index in [0.29, 0.717) is 18.5 Å². The number of halogens is 3. The number of ether oxygens (including phenoxy) is 2. The van der Waals surface area contributed by atoms with Gasteiger partial charge >= 0.3 is 58.4 Å². The molecule has 1 unspecified atom stereocenters. The second kappa shape index (κ2) is 8.94. The van der Waals surface area contributed by atoms with Crippen molar-refractivity contribution in [1.82, 2.24) is 0 Å². The third kappa shape index (κ3) is 6.23. The van der Waals surface area contributed by atoms with Crippen LogP contribution >= 0.6 is 0 Å². The van der Waals surface area contributed by atoms with Gasteiger partial charge in [0.2, 0.25) is 0 Å². The van der Waals surface area contributed by atoms with Crippen molar-refractivity contribution in [3.05, 3.63) is 23.8 Å².